The Hall–Kier alpha value is -2.22. The molecule has 24 heavy (non-hydrogen) atoms. The predicted octanol–water partition coefficient (Wildman–Crippen LogP) is 2.10. The number of amides is 3. The molecule has 1 rings (SSSR count). The van der Waals surface area contributed by atoms with Gasteiger partial charge in [0, 0.05) is 21.9 Å². The summed E-state index contributed by atoms with van der Waals surface area (Å²) in [5, 5.41) is 8.98. The molecule has 0 fully saturated rings. The van der Waals surface area contributed by atoms with Gasteiger partial charge in [0.05, 0.1) is 6.42 Å². The highest BCUT2D eigenvalue weighted by molar-refractivity contribution is 9.10. The normalized spacial score (nSPS) is 11.2. The number of hydrogen-bond acceptors (Lipinski definition) is 4. The third-order valence-electron chi connectivity index (χ3n) is 2.85. The first-order valence-corrected chi connectivity index (χ1v) is 8.18. The zero-order chi connectivity index (χ0) is 18.3. The van der Waals surface area contributed by atoms with Gasteiger partial charge in [-0.1, -0.05) is 15.9 Å². The van der Waals surface area contributed by atoms with E-state index in [0.29, 0.717) is 11.4 Å². The van der Waals surface area contributed by atoms with E-state index in [0.717, 1.165) is 10.0 Å². The Morgan fingerprint density at radius 1 is 1.21 bits per heavy atom. The number of carbonyl (C=O) groups excluding carboxylic acids is 3. The number of hydrogen-bond donors (Lipinski definition) is 3. The molecule has 0 radical (unpaired) electrons. The Morgan fingerprint density at radius 3 is 2.46 bits per heavy atom. The summed E-state index contributed by atoms with van der Waals surface area (Å²) in [5.41, 5.74) is 4.14. The van der Waals surface area contributed by atoms with Crippen molar-refractivity contribution in [3.63, 3.8) is 0 Å². The fraction of sp³-hybridized carbons (Fsp3) is 0.375. The molecule has 3 amide bonds. The van der Waals surface area contributed by atoms with Crippen molar-refractivity contribution in [2.24, 2.45) is 5.10 Å². The Bertz CT molecular complexity index is 671. The zero-order valence-corrected chi connectivity index (χ0v) is 15.7. The Kier molecular flexibility index (Phi) is 7.57. The summed E-state index contributed by atoms with van der Waals surface area (Å²) in [4.78, 5) is 34.9. The first kappa shape index (κ1) is 19.8. The van der Waals surface area contributed by atoms with E-state index in [4.69, 9.17) is 0 Å². The summed E-state index contributed by atoms with van der Waals surface area (Å²) in [7, 11) is 0. The van der Waals surface area contributed by atoms with Crippen LogP contribution in [-0.2, 0) is 14.4 Å². The second-order valence-electron chi connectivity index (χ2n) is 5.60. The van der Waals surface area contributed by atoms with Crippen molar-refractivity contribution in [1.82, 2.24) is 10.7 Å². The molecule has 1 aromatic carbocycles. The van der Waals surface area contributed by atoms with Crippen LogP contribution in [0.4, 0.5) is 5.69 Å². The molecule has 7 nitrogen and oxygen atoms in total. The maximum atomic E-state index is 12.0. The molecule has 0 heterocycles. The molecule has 8 heteroatoms. The summed E-state index contributed by atoms with van der Waals surface area (Å²) in [6.07, 6.45) is 0.00157. The SMILES string of the molecule is C/C(CC(=O)Nc1ccc(Br)cc1C)=N/NC(=O)C(=O)NC(C)C. The standard InChI is InChI=1S/C16H21BrN4O3/c1-9(2)18-15(23)16(24)21-20-11(4)8-14(22)19-13-6-5-12(17)7-10(13)3/h5-7,9H,8H2,1-4H3,(H,18,23)(H,19,22)(H,21,24)/b20-11-. The van der Waals surface area contributed by atoms with E-state index in [2.05, 4.69) is 37.1 Å². The largest absolute Gasteiger partial charge is 0.346 e. The van der Waals surface area contributed by atoms with Crippen LogP contribution in [0.15, 0.2) is 27.8 Å². The van der Waals surface area contributed by atoms with Crippen LogP contribution in [0.5, 0.6) is 0 Å². The van der Waals surface area contributed by atoms with Crippen molar-refractivity contribution < 1.29 is 14.4 Å². The van der Waals surface area contributed by atoms with Gasteiger partial charge in [0.2, 0.25) is 5.91 Å². The van der Waals surface area contributed by atoms with Crippen molar-refractivity contribution in [1.29, 1.82) is 0 Å². The molecule has 0 aliphatic carbocycles. The molecule has 0 atom stereocenters. The zero-order valence-electron chi connectivity index (χ0n) is 14.1. The summed E-state index contributed by atoms with van der Waals surface area (Å²) >= 11 is 3.36. The minimum absolute atomic E-state index is 0.00157. The minimum atomic E-state index is -0.868. The van der Waals surface area contributed by atoms with Gasteiger partial charge in [-0.05, 0) is 51.5 Å². The first-order valence-electron chi connectivity index (χ1n) is 7.39. The number of hydrazone groups is 1. The van der Waals surface area contributed by atoms with E-state index in [1.807, 2.05) is 19.1 Å². The highest BCUT2D eigenvalue weighted by Crippen LogP contribution is 2.20. The predicted molar refractivity (Wildman–Crippen MR) is 96.7 cm³/mol. The molecule has 0 saturated carbocycles. The third kappa shape index (κ3) is 6.91. The fourth-order valence-corrected chi connectivity index (χ4v) is 2.23. The van der Waals surface area contributed by atoms with Crippen LogP contribution in [0, 0.1) is 6.92 Å². The van der Waals surface area contributed by atoms with Crippen LogP contribution in [0.3, 0.4) is 0 Å². The molecule has 3 N–H and O–H groups in total. The quantitative estimate of drug-likeness (QED) is 0.403. The Balaban J connectivity index is 2.54. The molecular formula is C16H21BrN4O3. The second kappa shape index (κ2) is 9.17. The molecule has 0 unspecified atom stereocenters. The monoisotopic (exact) mass is 396 g/mol. The van der Waals surface area contributed by atoms with E-state index in [-0.39, 0.29) is 18.4 Å². The lowest BCUT2D eigenvalue weighted by Crippen LogP contribution is -2.41. The van der Waals surface area contributed by atoms with Crippen molar-refractivity contribution in [3.05, 3.63) is 28.2 Å². The van der Waals surface area contributed by atoms with E-state index in [9.17, 15) is 14.4 Å². The fourth-order valence-electron chi connectivity index (χ4n) is 1.76. The van der Waals surface area contributed by atoms with Gasteiger partial charge in [-0.2, -0.15) is 5.10 Å². The summed E-state index contributed by atoms with van der Waals surface area (Å²) in [6.45, 7) is 6.96. The lowest BCUT2D eigenvalue weighted by molar-refractivity contribution is -0.139. The molecule has 0 aromatic heterocycles. The highest BCUT2D eigenvalue weighted by Gasteiger charge is 2.14. The van der Waals surface area contributed by atoms with Gasteiger partial charge < -0.3 is 10.6 Å². The highest BCUT2D eigenvalue weighted by atomic mass is 79.9. The van der Waals surface area contributed by atoms with Gasteiger partial charge in [0.15, 0.2) is 0 Å². The first-order chi connectivity index (χ1) is 11.2. The second-order valence-corrected chi connectivity index (χ2v) is 6.52. The molecule has 0 aliphatic rings. The molecule has 0 bridgehead atoms. The van der Waals surface area contributed by atoms with Crippen molar-refractivity contribution in [2.75, 3.05) is 5.32 Å². The maximum absolute atomic E-state index is 12.0. The average molecular weight is 397 g/mol. The average Bonchev–Trinajstić information content (AvgIpc) is 2.46. The van der Waals surface area contributed by atoms with Crippen LogP contribution in [0.1, 0.15) is 32.8 Å². The molecule has 0 aliphatic heterocycles. The van der Waals surface area contributed by atoms with Crippen LogP contribution in [-0.4, -0.2) is 29.5 Å². The van der Waals surface area contributed by atoms with Gasteiger partial charge in [0.1, 0.15) is 0 Å². The van der Waals surface area contributed by atoms with Gasteiger partial charge in [0.25, 0.3) is 0 Å². The van der Waals surface area contributed by atoms with Crippen LogP contribution < -0.4 is 16.1 Å². The molecule has 130 valence electrons. The molecule has 0 saturated heterocycles. The van der Waals surface area contributed by atoms with E-state index in [1.54, 1.807) is 26.8 Å². The number of halogens is 1. The topological polar surface area (TPSA) is 99.7 Å². The molecule has 1 aromatic rings. The van der Waals surface area contributed by atoms with Crippen LogP contribution >= 0.6 is 15.9 Å². The lowest BCUT2D eigenvalue weighted by atomic mass is 10.2. The number of carbonyl (C=O) groups is 3. The lowest BCUT2D eigenvalue weighted by Gasteiger charge is -2.09. The Labute approximate surface area is 149 Å². The number of benzene rings is 1. The van der Waals surface area contributed by atoms with Gasteiger partial charge in [-0.15, -0.1) is 0 Å². The van der Waals surface area contributed by atoms with E-state index in [1.165, 1.54) is 0 Å². The number of rotatable bonds is 5. The smallest absolute Gasteiger partial charge is 0.329 e. The number of nitrogens with zero attached hydrogens (tertiary/aromatic N) is 1. The van der Waals surface area contributed by atoms with Crippen molar-refractivity contribution in [2.45, 2.75) is 40.2 Å². The van der Waals surface area contributed by atoms with Crippen LogP contribution in [0.2, 0.25) is 0 Å². The minimum Gasteiger partial charge on any atom is -0.346 e. The van der Waals surface area contributed by atoms with Crippen LogP contribution in [0.25, 0.3) is 0 Å². The number of nitrogens with one attached hydrogen (secondary N) is 3. The number of aryl methyl sites for hydroxylation is 1. The van der Waals surface area contributed by atoms with Crippen molar-refractivity contribution in [3.8, 4) is 0 Å². The van der Waals surface area contributed by atoms with Gasteiger partial charge >= 0.3 is 11.8 Å². The molecule has 0 spiro atoms. The third-order valence-corrected chi connectivity index (χ3v) is 3.35. The number of anilines is 1. The summed E-state index contributed by atoms with van der Waals surface area (Å²) in [6, 6.07) is 5.37. The van der Waals surface area contributed by atoms with E-state index >= 15 is 0 Å². The Morgan fingerprint density at radius 2 is 1.88 bits per heavy atom. The maximum Gasteiger partial charge on any atom is 0.329 e. The summed E-state index contributed by atoms with van der Waals surface area (Å²) < 4.78 is 0.929. The summed E-state index contributed by atoms with van der Waals surface area (Å²) in [5.74, 6) is -1.90. The van der Waals surface area contributed by atoms with Gasteiger partial charge in [-0.25, -0.2) is 5.43 Å². The van der Waals surface area contributed by atoms with Crippen molar-refractivity contribution >= 4 is 45.1 Å². The van der Waals surface area contributed by atoms with E-state index < -0.39 is 11.8 Å². The molecular weight excluding hydrogens is 376 g/mol. The van der Waals surface area contributed by atoms with Gasteiger partial charge in [-0.3, -0.25) is 14.4 Å².